The molecule has 8 nitrogen and oxygen atoms in total. The van der Waals surface area contributed by atoms with Crippen molar-refractivity contribution in [3.8, 4) is 11.5 Å². The molecule has 1 aromatic carbocycles. The molecule has 3 heterocycles. The van der Waals surface area contributed by atoms with Crippen LogP contribution in [0.15, 0.2) is 34.9 Å². The highest BCUT2D eigenvalue weighted by molar-refractivity contribution is 7.80. The van der Waals surface area contributed by atoms with Crippen molar-refractivity contribution in [3.63, 3.8) is 0 Å². The van der Waals surface area contributed by atoms with Gasteiger partial charge in [0.25, 0.3) is 5.89 Å². The summed E-state index contributed by atoms with van der Waals surface area (Å²) >= 11 is 5.64. The van der Waals surface area contributed by atoms with Gasteiger partial charge in [-0.1, -0.05) is 23.4 Å². The zero-order chi connectivity index (χ0) is 20.6. The summed E-state index contributed by atoms with van der Waals surface area (Å²) in [5.41, 5.74) is 0.951. The Hall–Kier alpha value is -2.07. The van der Waals surface area contributed by atoms with Crippen molar-refractivity contribution in [1.82, 2.24) is 30.2 Å². The van der Waals surface area contributed by atoms with Gasteiger partial charge >= 0.3 is 0 Å². The van der Waals surface area contributed by atoms with E-state index in [1.807, 2.05) is 30.3 Å². The minimum absolute atomic E-state index is 0.577. The highest BCUT2D eigenvalue weighted by atomic mass is 32.1. The van der Waals surface area contributed by atoms with E-state index in [0.29, 0.717) is 12.4 Å². The molecule has 4 rings (SSSR count). The van der Waals surface area contributed by atoms with Crippen LogP contribution < -0.4 is 5.32 Å². The molecule has 0 amide bonds. The molecule has 2 saturated heterocycles. The van der Waals surface area contributed by atoms with Gasteiger partial charge in [0.05, 0.1) is 19.8 Å². The van der Waals surface area contributed by atoms with E-state index in [0.717, 1.165) is 88.5 Å². The number of nitrogens with one attached hydrogen (secondary N) is 1. The molecule has 9 heteroatoms. The highest BCUT2D eigenvalue weighted by Gasteiger charge is 2.19. The lowest BCUT2D eigenvalue weighted by Crippen LogP contribution is -2.46. The van der Waals surface area contributed by atoms with Crippen molar-refractivity contribution >= 4 is 17.3 Å². The fourth-order valence-corrected chi connectivity index (χ4v) is 4.09. The number of morpholine rings is 1. The number of ether oxygens (including phenoxy) is 1. The Bertz CT molecular complexity index is 796. The van der Waals surface area contributed by atoms with Crippen LogP contribution in [-0.2, 0) is 11.3 Å². The molecule has 1 aromatic heterocycles. The van der Waals surface area contributed by atoms with E-state index in [-0.39, 0.29) is 0 Å². The topological polar surface area (TPSA) is 69.9 Å². The van der Waals surface area contributed by atoms with Crippen molar-refractivity contribution < 1.29 is 9.26 Å². The van der Waals surface area contributed by atoms with Crippen LogP contribution in [0.2, 0.25) is 0 Å². The summed E-state index contributed by atoms with van der Waals surface area (Å²) in [6.45, 7) is 10.1. The molecule has 2 aliphatic heterocycles. The third-order valence-corrected chi connectivity index (χ3v) is 5.94. The molecule has 2 aliphatic rings. The van der Waals surface area contributed by atoms with Crippen molar-refractivity contribution in [2.45, 2.75) is 13.0 Å². The average Bonchev–Trinajstić information content (AvgIpc) is 3.13. The standard InChI is InChI=1S/C21H30N6O2S/c30-21(22-7-10-25-13-15-28-16-14-25)27-9-4-8-26(11-12-27)17-19-23-20(29-24-19)18-5-2-1-3-6-18/h1-3,5-6H,4,7-17H2,(H,22,30). The normalized spacial score (nSPS) is 18.9. The minimum atomic E-state index is 0.577. The maximum Gasteiger partial charge on any atom is 0.257 e. The lowest BCUT2D eigenvalue weighted by atomic mass is 10.2. The second-order valence-corrected chi connectivity index (χ2v) is 8.07. The van der Waals surface area contributed by atoms with E-state index >= 15 is 0 Å². The monoisotopic (exact) mass is 430 g/mol. The molecular formula is C21H30N6O2S. The lowest BCUT2D eigenvalue weighted by Gasteiger charge is -2.28. The van der Waals surface area contributed by atoms with Crippen LogP contribution in [0, 0.1) is 0 Å². The van der Waals surface area contributed by atoms with Gasteiger partial charge in [0.2, 0.25) is 0 Å². The van der Waals surface area contributed by atoms with Crippen LogP contribution >= 0.6 is 12.2 Å². The molecule has 0 bridgehead atoms. The van der Waals surface area contributed by atoms with E-state index in [1.165, 1.54) is 0 Å². The third kappa shape index (κ3) is 5.98. The molecule has 0 aliphatic carbocycles. The van der Waals surface area contributed by atoms with Gasteiger partial charge in [-0.05, 0) is 30.8 Å². The lowest BCUT2D eigenvalue weighted by molar-refractivity contribution is 0.0389. The fourth-order valence-electron chi connectivity index (χ4n) is 3.81. The maximum absolute atomic E-state index is 5.64. The van der Waals surface area contributed by atoms with Gasteiger partial charge in [-0.2, -0.15) is 4.98 Å². The van der Waals surface area contributed by atoms with Crippen molar-refractivity contribution in [2.24, 2.45) is 0 Å². The Kier molecular flexibility index (Phi) is 7.63. The third-order valence-electron chi connectivity index (χ3n) is 5.54. The summed E-state index contributed by atoms with van der Waals surface area (Å²) in [5.74, 6) is 1.31. The van der Waals surface area contributed by atoms with Crippen LogP contribution in [0.1, 0.15) is 12.2 Å². The predicted octanol–water partition coefficient (Wildman–Crippen LogP) is 1.45. The van der Waals surface area contributed by atoms with Crippen LogP contribution in [0.25, 0.3) is 11.5 Å². The van der Waals surface area contributed by atoms with Crippen LogP contribution in [0.5, 0.6) is 0 Å². The number of rotatable bonds is 6. The summed E-state index contributed by atoms with van der Waals surface area (Å²) in [6, 6.07) is 9.88. The fraction of sp³-hybridized carbons (Fsp3) is 0.571. The number of aromatic nitrogens is 2. The van der Waals surface area contributed by atoms with Crippen LogP contribution in [0.4, 0.5) is 0 Å². The first kappa shape index (κ1) is 21.2. The molecule has 0 saturated carbocycles. The summed E-state index contributed by atoms with van der Waals surface area (Å²) in [4.78, 5) is 11.6. The Morgan fingerprint density at radius 1 is 1.00 bits per heavy atom. The van der Waals surface area contributed by atoms with E-state index in [1.54, 1.807) is 0 Å². The van der Waals surface area contributed by atoms with Crippen LogP contribution in [-0.4, -0.2) is 95.5 Å². The van der Waals surface area contributed by atoms with E-state index in [2.05, 4.69) is 30.2 Å². The summed E-state index contributed by atoms with van der Waals surface area (Å²) < 4.78 is 10.8. The second kappa shape index (κ2) is 10.8. The highest BCUT2D eigenvalue weighted by Crippen LogP contribution is 2.17. The van der Waals surface area contributed by atoms with Gasteiger partial charge in [-0.15, -0.1) is 0 Å². The van der Waals surface area contributed by atoms with Crippen LogP contribution in [0.3, 0.4) is 0 Å². The molecule has 0 radical (unpaired) electrons. The molecule has 0 spiro atoms. The van der Waals surface area contributed by atoms with Crippen molar-refractivity contribution in [1.29, 1.82) is 0 Å². The Morgan fingerprint density at radius 3 is 2.67 bits per heavy atom. The number of benzene rings is 1. The van der Waals surface area contributed by atoms with E-state index in [4.69, 9.17) is 21.5 Å². The Labute approximate surface area is 183 Å². The number of hydrogen-bond donors (Lipinski definition) is 1. The molecule has 30 heavy (non-hydrogen) atoms. The van der Waals surface area contributed by atoms with Crippen molar-refractivity contribution in [2.75, 3.05) is 65.6 Å². The molecule has 0 atom stereocenters. The first-order chi connectivity index (χ1) is 14.8. The van der Waals surface area contributed by atoms with Gasteiger partial charge in [0.1, 0.15) is 0 Å². The molecule has 162 valence electrons. The van der Waals surface area contributed by atoms with Gasteiger partial charge in [-0.25, -0.2) is 0 Å². The summed E-state index contributed by atoms with van der Waals surface area (Å²) in [7, 11) is 0. The summed E-state index contributed by atoms with van der Waals surface area (Å²) in [5, 5.41) is 8.45. The predicted molar refractivity (Wildman–Crippen MR) is 119 cm³/mol. The first-order valence-electron chi connectivity index (χ1n) is 10.7. The largest absolute Gasteiger partial charge is 0.379 e. The maximum atomic E-state index is 5.64. The number of thiocarbonyl (C=S) groups is 1. The molecule has 0 unspecified atom stereocenters. The number of hydrogen-bond acceptors (Lipinski definition) is 7. The van der Waals surface area contributed by atoms with E-state index < -0.39 is 0 Å². The van der Waals surface area contributed by atoms with Gasteiger partial charge < -0.3 is 19.5 Å². The summed E-state index contributed by atoms with van der Waals surface area (Å²) in [6.07, 6.45) is 1.06. The molecule has 2 aromatic rings. The van der Waals surface area contributed by atoms with Gasteiger partial charge in [0, 0.05) is 57.9 Å². The quantitative estimate of drug-likeness (QED) is 0.686. The Balaban J connectivity index is 1.21. The van der Waals surface area contributed by atoms with E-state index in [9.17, 15) is 0 Å². The molecular weight excluding hydrogens is 400 g/mol. The smallest absolute Gasteiger partial charge is 0.257 e. The molecule has 1 N–H and O–H groups in total. The first-order valence-corrected chi connectivity index (χ1v) is 11.1. The average molecular weight is 431 g/mol. The SMILES string of the molecule is S=C(NCCN1CCOCC1)N1CCCN(Cc2noc(-c3ccccc3)n2)CC1. The Morgan fingerprint density at radius 2 is 1.83 bits per heavy atom. The zero-order valence-electron chi connectivity index (χ0n) is 17.3. The van der Waals surface area contributed by atoms with Gasteiger partial charge in [0.15, 0.2) is 10.9 Å². The second-order valence-electron chi connectivity index (χ2n) is 7.68. The zero-order valence-corrected chi connectivity index (χ0v) is 18.1. The van der Waals surface area contributed by atoms with Crippen molar-refractivity contribution in [3.05, 3.63) is 36.2 Å². The minimum Gasteiger partial charge on any atom is -0.379 e. The molecule has 2 fully saturated rings. The van der Waals surface area contributed by atoms with Gasteiger partial charge in [-0.3, -0.25) is 9.80 Å². The number of nitrogens with zero attached hydrogens (tertiary/aromatic N) is 5.